The second kappa shape index (κ2) is 5.33. The number of amides is 1. The van der Waals surface area contributed by atoms with Gasteiger partial charge in [0, 0.05) is 17.6 Å². The van der Waals surface area contributed by atoms with Gasteiger partial charge in [-0.2, -0.15) is 11.3 Å². The monoisotopic (exact) mass is 301 g/mol. The number of hydrogen-bond acceptors (Lipinski definition) is 3. The summed E-state index contributed by atoms with van der Waals surface area (Å²) in [6.45, 7) is 2.12. The number of nitrogens with zero attached hydrogens (tertiary/aromatic N) is 1. The van der Waals surface area contributed by atoms with E-state index in [1.807, 2.05) is 41.9 Å². The number of carbonyl (C=O) groups is 2. The molecule has 1 aliphatic heterocycles. The SMILES string of the molecule is Cc1cscc1C(=O)N1CC(C(=O)O)Cc2ccccc21. The zero-order chi connectivity index (χ0) is 15.0. The molecule has 0 fully saturated rings. The molecule has 1 aliphatic rings. The van der Waals surface area contributed by atoms with Crippen molar-refractivity contribution >= 4 is 28.9 Å². The summed E-state index contributed by atoms with van der Waals surface area (Å²) in [5.41, 5.74) is 3.32. The first-order valence-corrected chi connectivity index (χ1v) is 7.67. The fourth-order valence-electron chi connectivity index (χ4n) is 2.68. The predicted octanol–water partition coefficient (Wildman–Crippen LogP) is 2.96. The van der Waals surface area contributed by atoms with E-state index in [0.717, 1.165) is 16.8 Å². The Labute approximate surface area is 126 Å². The van der Waals surface area contributed by atoms with Crippen LogP contribution in [0, 0.1) is 12.8 Å². The van der Waals surface area contributed by atoms with Gasteiger partial charge in [-0.05, 0) is 35.9 Å². The van der Waals surface area contributed by atoms with Crippen molar-refractivity contribution < 1.29 is 14.7 Å². The van der Waals surface area contributed by atoms with Crippen molar-refractivity contribution in [1.29, 1.82) is 0 Å². The Hall–Kier alpha value is -2.14. The van der Waals surface area contributed by atoms with Crippen LogP contribution in [-0.4, -0.2) is 23.5 Å². The number of aryl methyl sites for hydroxylation is 1. The van der Waals surface area contributed by atoms with Gasteiger partial charge in [-0.1, -0.05) is 18.2 Å². The standard InChI is InChI=1S/C16H15NO3S/c1-10-8-21-9-13(10)15(18)17-7-12(16(19)20)6-11-4-2-3-5-14(11)17/h2-5,8-9,12H,6-7H2,1H3,(H,19,20). The van der Waals surface area contributed by atoms with Crippen molar-refractivity contribution in [3.05, 3.63) is 51.7 Å². The molecule has 1 atom stereocenters. The van der Waals surface area contributed by atoms with Crippen LogP contribution in [0.3, 0.4) is 0 Å². The first-order valence-electron chi connectivity index (χ1n) is 6.73. The number of anilines is 1. The molecule has 0 saturated carbocycles. The van der Waals surface area contributed by atoms with Gasteiger partial charge < -0.3 is 10.0 Å². The number of carbonyl (C=O) groups excluding carboxylic acids is 1. The number of para-hydroxylation sites is 1. The Balaban J connectivity index is 2.02. The lowest BCUT2D eigenvalue weighted by Crippen LogP contribution is -2.42. The maximum atomic E-state index is 12.8. The van der Waals surface area contributed by atoms with E-state index in [2.05, 4.69) is 0 Å². The van der Waals surface area contributed by atoms with E-state index < -0.39 is 11.9 Å². The lowest BCUT2D eigenvalue weighted by Gasteiger charge is -2.33. The fraction of sp³-hybridized carbons (Fsp3) is 0.250. The fourth-order valence-corrected chi connectivity index (χ4v) is 3.50. The number of rotatable bonds is 2. The molecule has 3 rings (SSSR count). The Morgan fingerprint density at radius 2 is 2.05 bits per heavy atom. The van der Waals surface area contributed by atoms with Gasteiger partial charge in [0.25, 0.3) is 5.91 Å². The van der Waals surface area contributed by atoms with Gasteiger partial charge in [-0.15, -0.1) is 0 Å². The third-order valence-electron chi connectivity index (χ3n) is 3.83. The molecule has 0 saturated heterocycles. The largest absolute Gasteiger partial charge is 0.481 e. The molecule has 5 heteroatoms. The van der Waals surface area contributed by atoms with Crippen LogP contribution >= 0.6 is 11.3 Å². The van der Waals surface area contributed by atoms with Crippen molar-refractivity contribution in [1.82, 2.24) is 0 Å². The molecule has 0 bridgehead atoms. The number of benzene rings is 1. The van der Waals surface area contributed by atoms with Gasteiger partial charge in [-0.25, -0.2) is 0 Å². The zero-order valence-corrected chi connectivity index (χ0v) is 12.4. The molecule has 1 N–H and O–H groups in total. The van der Waals surface area contributed by atoms with Gasteiger partial charge in [0.15, 0.2) is 0 Å². The Morgan fingerprint density at radius 3 is 2.71 bits per heavy atom. The third kappa shape index (κ3) is 2.45. The number of carboxylic acids is 1. The van der Waals surface area contributed by atoms with Crippen molar-refractivity contribution in [3.63, 3.8) is 0 Å². The first kappa shape index (κ1) is 13.8. The Morgan fingerprint density at radius 1 is 1.29 bits per heavy atom. The van der Waals surface area contributed by atoms with Crippen molar-refractivity contribution in [3.8, 4) is 0 Å². The molecule has 1 aromatic heterocycles. The summed E-state index contributed by atoms with van der Waals surface area (Å²) in [7, 11) is 0. The molecule has 1 aromatic carbocycles. The molecule has 4 nitrogen and oxygen atoms in total. The Kier molecular flexibility index (Phi) is 3.51. The van der Waals surface area contributed by atoms with Crippen molar-refractivity contribution in [2.75, 3.05) is 11.4 Å². The van der Waals surface area contributed by atoms with E-state index in [9.17, 15) is 14.7 Å². The molecule has 0 radical (unpaired) electrons. The molecule has 108 valence electrons. The minimum Gasteiger partial charge on any atom is -0.481 e. The highest BCUT2D eigenvalue weighted by Gasteiger charge is 2.33. The van der Waals surface area contributed by atoms with Crippen LogP contribution in [0.2, 0.25) is 0 Å². The molecule has 21 heavy (non-hydrogen) atoms. The summed E-state index contributed by atoms with van der Waals surface area (Å²) >= 11 is 1.48. The second-order valence-corrected chi connectivity index (χ2v) is 6.00. The second-order valence-electron chi connectivity index (χ2n) is 5.25. The minimum absolute atomic E-state index is 0.118. The maximum Gasteiger partial charge on any atom is 0.308 e. The number of fused-ring (bicyclic) bond motifs is 1. The van der Waals surface area contributed by atoms with Crippen molar-refractivity contribution in [2.24, 2.45) is 5.92 Å². The third-order valence-corrected chi connectivity index (χ3v) is 4.69. The highest BCUT2D eigenvalue weighted by molar-refractivity contribution is 7.08. The van der Waals surface area contributed by atoms with Crippen LogP contribution < -0.4 is 4.90 Å². The molecule has 0 aliphatic carbocycles. The van der Waals surface area contributed by atoms with Crippen LogP contribution in [-0.2, 0) is 11.2 Å². The average Bonchev–Trinajstić information content (AvgIpc) is 2.91. The number of aliphatic carboxylic acids is 1. The van der Waals surface area contributed by atoms with Gasteiger partial charge in [0.05, 0.1) is 11.5 Å². The van der Waals surface area contributed by atoms with E-state index in [0.29, 0.717) is 12.0 Å². The van der Waals surface area contributed by atoms with Crippen LogP contribution in [0.5, 0.6) is 0 Å². The number of thiophene rings is 1. The summed E-state index contributed by atoms with van der Waals surface area (Å²) < 4.78 is 0. The van der Waals surface area contributed by atoms with E-state index in [1.165, 1.54) is 11.3 Å². The van der Waals surface area contributed by atoms with Crippen LogP contribution in [0.15, 0.2) is 35.0 Å². The van der Waals surface area contributed by atoms with Gasteiger partial charge >= 0.3 is 5.97 Å². The smallest absolute Gasteiger partial charge is 0.308 e. The first-order chi connectivity index (χ1) is 10.1. The molecule has 1 unspecified atom stereocenters. The molecular formula is C16H15NO3S. The van der Waals surface area contributed by atoms with E-state index in [1.54, 1.807) is 4.90 Å². The zero-order valence-electron chi connectivity index (χ0n) is 11.6. The lowest BCUT2D eigenvalue weighted by molar-refractivity contribution is -0.141. The number of hydrogen-bond donors (Lipinski definition) is 1. The Bertz CT molecular complexity index is 707. The molecule has 2 aromatic rings. The summed E-state index contributed by atoms with van der Waals surface area (Å²) in [5.74, 6) is -1.53. The summed E-state index contributed by atoms with van der Waals surface area (Å²) in [6, 6.07) is 7.53. The quantitative estimate of drug-likeness (QED) is 0.927. The van der Waals surface area contributed by atoms with Crippen LogP contribution in [0.1, 0.15) is 21.5 Å². The highest BCUT2D eigenvalue weighted by Crippen LogP contribution is 2.31. The molecule has 2 heterocycles. The molecule has 1 amide bonds. The maximum absolute atomic E-state index is 12.8. The minimum atomic E-state index is -0.857. The van der Waals surface area contributed by atoms with Crippen LogP contribution in [0.4, 0.5) is 5.69 Å². The van der Waals surface area contributed by atoms with E-state index >= 15 is 0 Å². The highest BCUT2D eigenvalue weighted by atomic mass is 32.1. The lowest BCUT2D eigenvalue weighted by atomic mass is 9.92. The topological polar surface area (TPSA) is 57.6 Å². The van der Waals surface area contributed by atoms with E-state index in [4.69, 9.17) is 0 Å². The van der Waals surface area contributed by atoms with E-state index in [-0.39, 0.29) is 12.5 Å². The van der Waals surface area contributed by atoms with Gasteiger partial charge in [-0.3, -0.25) is 9.59 Å². The van der Waals surface area contributed by atoms with Gasteiger partial charge in [0.2, 0.25) is 0 Å². The summed E-state index contributed by atoms with van der Waals surface area (Å²) in [5, 5.41) is 13.1. The summed E-state index contributed by atoms with van der Waals surface area (Å²) in [6.07, 6.45) is 0.470. The summed E-state index contributed by atoms with van der Waals surface area (Å²) in [4.78, 5) is 25.7. The average molecular weight is 301 g/mol. The molecular weight excluding hydrogens is 286 g/mol. The van der Waals surface area contributed by atoms with Gasteiger partial charge in [0.1, 0.15) is 0 Å². The predicted molar refractivity (Wildman–Crippen MR) is 82.0 cm³/mol. The van der Waals surface area contributed by atoms with Crippen LogP contribution in [0.25, 0.3) is 0 Å². The number of carboxylic acid groups (broad SMARTS) is 1. The molecule has 0 spiro atoms. The normalized spacial score (nSPS) is 17.4. The van der Waals surface area contributed by atoms with Crippen molar-refractivity contribution in [2.45, 2.75) is 13.3 Å².